The summed E-state index contributed by atoms with van der Waals surface area (Å²) >= 11 is 0. The fourth-order valence-electron chi connectivity index (χ4n) is 4.63. The van der Waals surface area contributed by atoms with Crippen molar-refractivity contribution < 1.29 is 9.59 Å². The largest absolute Gasteiger partial charge is 0.353 e. The molecule has 180 valence electrons. The molecule has 1 saturated carbocycles. The molecule has 6 nitrogen and oxygen atoms in total. The maximum absolute atomic E-state index is 13.5. The molecule has 0 spiro atoms. The first-order valence-electron chi connectivity index (χ1n) is 12.3. The first-order chi connectivity index (χ1) is 15.8. The van der Waals surface area contributed by atoms with E-state index in [1.54, 1.807) is 4.90 Å². The molecule has 0 unspecified atom stereocenters. The normalized spacial score (nSPS) is 14.4. The van der Waals surface area contributed by atoms with Crippen LogP contribution in [0, 0.1) is 19.8 Å². The van der Waals surface area contributed by atoms with Crippen LogP contribution in [-0.4, -0.2) is 45.4 Å². The van der Waals surface area contributed by atoms with Gasteiger partial charge in [-0.1, -0.05) is 45.2 Å². The number of anilines is 1. The first-order valence-corrected chi connectivity index (χ1v) is 12.3. The van der Waals surface area contributed by atoms with Gasteiger partial charge in [0, 0.05) is 37.2 Å². The fourth-order valence-corrected chi connectivity index (χ4v) is 4.63. The molecule has 33 heavy (non-hydrogen) atoms. The van der Waals surface area contributed by atoms with Gasteiger partial charge >= 0.3 is 6.03 Å². The summed E-state index contributed by atoms with van der Waals surface area (Å²) in [6.07, 6.45) is 7.31. The highest BCUT2D eigenvalue weighted by atomic mass is 16.2. The number of benzene rings is 1. The SMILES string of the molecule is Cc1cccc(NC(=O)N(CC(=O)N(Cc2cccn2C)CC(C)C)C2CCCCC2)c1C. The minimum absolute atomic E-state index is 0.00610. The predicted molar refractivity (Wildman–Crippen MR) is 134 cm³/mol. The van der Waals surface area contributed by atoms with Gasteiger partial charge in [-0.05, 0) is 61.9 Å². The molecular formula is C27H40N4O2. The Balaban J connectivity index is 1.80. The molecule has 1 aliphatic rings. The third-order valence-corrected chi connectivity index (χ3v) is 6.77. The monoisotopic (exact) mass is 452 g/mol. The predicted octanol–water partition coefficient (Wildman–Crippen LogP) is 5.49. The Hall–Kier alpha value is -2.76. The highest BCUT2D eigenvalue weighted by Gasteiger charge is 2.30. The molecule has 1 fully saturated rings. The number of carbonyl (C=O) groups is 2. The molecule has 0 saturated heterocycles. The summed E-state index contributed by atoms with van der Waals surface area (Å²) in [5, 5.41) is 3.10. The van der Waals surface area contributed by atoms with E-state index in [1.165, 1.54) is 6.42 Å². The van der Waals surface area contributed by atoms with Crippen LogP contribution in [0.5, 0.6) is 0 Å². The second kappa shape index (κ2) is 11.4. The molecule has 0 bridgehead atoms. The van der Waals surface area contributed by atoms with Gasteiger partial charge in [0.25, 0.3) is 0 Å². The van der Waals surface area contributed by atoms with E-state index < -0.39 is 0 Å². The Bertz CT molecular complexity index is 943. The van der Waals surface area contributed by atoms with E-state index in [0.717, 1.165) is 48.2 Å². The van der Waals surface area contributed by atoms with Crippen molar-refractivity contribution in [2.45, 2.75) is 72.4 Å². The molecule has 0 radical (unpaired) electrons. The van der Waals surface area contributed by atoms with Gasteiger partial charge in [0.05, 0.1) is 6.54 Å². The van der Waals surface area contributed by atoms with Crippen molar-refractivity contribution in [3.63, 3.8) is 0 Å². The third-order valence-electron chi connectivity index (χ3n) is 6.77. The van der Waals surface area contributed by atoms with E-state index in [1.807, 2.05) is 66.9 Å². The molecule has 1 aromatic carbocycles. The van der Waals surface area contributed by atoms with Crippen molar-refractivity contribution in [1.29, 1.82) is 0 Å². The van der Waals surface area contributed by atoms with Crippen LogP contribution < -0.4 is 5.32 Å². The molecule has 2 aromatic rings. The number of amides is 3. The smallest absolute Gasteiger partial charge is 0.322 e. The Labute approximate surface area is 198 Å². The maximum atomic E-state index is 13.5. The molecular weight excluding hydrogens is 412 g/mol. The summed E-state index contributed by atoms with van der Waals surface area (Å²) in [6.45, 7) is 9.64. The van der Waals surface area contributed by atoms with Gasteiger partial charge in [-0.3, -0.25) is 4.79 Å². The number of urea groups is 1. The van der Waals surface area contributed by atoms with Crippen LogP contribution in [-0.2, 0) is 18.4 Å². The second-order valence-electron chi connectivity index (χ2n) is 9.88. The van der Waals surface area contributed by atoms with Gasteiger partial charge in [-0.25, -0.2) is 4.79 Å². The molecule has 1 heterocycles. The number of carbonyl (C=O) groups excluding carboxylic acids is 2. The lowest BCUT2D eigenvalue weighted by Crippen LogP contribution is -2.50. The van der Waals surface area contributed by atoms with Crippen LogP contribution >= 0.6 is 0 Å². The Morgan fingerprint density at radius 2 is 1.82 bits per heavy atom. The highest BCUT2D eigenvalue weighted by Crippen LogP contribution is 2.25. The number of hydrogen-bond acceptors (Lipinski definition) is 2. The van der Waals surface area contributed by atoms with Crippen molar-refractivity contribution in [2.75, 3.05) is 18.4 Å². The number of nitrogens with zero attached hydrogens (tertiary/aromatic N) is 3. The molecule has 1 N–H and O–H groups in total. The van der Waals surface area contributed by atoms with Crippen molar-refractivity contribution in [2.24, 2.45) is 13.0 Å². The van der Waals surface area contributed by atoms with Crippen LogP contribution in [0.4, 0.5) is 10.5 Å². The summed E-state index contributed by atoms with van der Waals surface area (Å²) in [5.74, 6) is 0.354. The summed E-state index contributed by atoms with van der Waals surface area (Å²) in [5.41, 5.74) is 4.11. The van der Waals surface area contributed by atoms with Crippen LogP contribution in [0.3, 0.4) is 0 Å². The maximum Gasteiger partial charge on any atom is 0.322 e. The van der Waals surface area contributed by atoms with Gasteiger partial charge in [-0.2, -0.15) is 0 Å². The van der Waals surface area contributed by atoms with Crippen molar-refractivity contribution >= 4 is 17.6 Å². The lowest BCUT2D eigenvalue weighted by atomic mass is 9.94. The summed E-state index contributed by atoms with van der Waals surface area (Å²) < 4.78 is 2.05. The molecule has 0 atom stereocenters. The lowest BCUT2D eigenvalue weighted by Gasteiger charge is -2.36. The van der Waals surface area contributed by atoms with Crippen molar-refractivity contribution in [3.8, 4) is 0 Å². The summed E-state index contributed by atoms with van der Waals surface area (Å²) in [7, 11) is 2.00. The van der Waals surface area contributed by atoms with Crippen LogP contribution in [0.15, 0.2) is 36.5 Å². The van der Waals surface area contributed by atoms with Gasteiger partial charge in [0.2, 0.25) is 5.91 Å². The molecule has 1 aromatic heterocycles. The van der Waals surface area contributed by atoms with Gasteiger partial charge < -0.3 is 19.7 Å². The zero-order chi connectivity index (χ0) is 24.0. The average Bonchev–Trinajstić information content (AvgIpc) is 3.19. The van der Waals surface area contributed by atoms with E-state index >= 15 is 0 Å². The number of rotatable bonds is 8. The van der Waals surface area contributed by atoms with E-state index in [0.29, 0.717) is 19.0 Å². The number of aryl methyl sites for hydroxylation is 2. The van der Waals surface area contributed by atoms with Crippen LogP contribution in [0.2, 0.25) is 0 Å². The average molecular weight is 453 g/mol. The zero-order valence-corrected chi connectivity index (χ0v) is 20.9. The Morgan fingerprint density at radius 3 is 2.45 bits per heavy atom. The van der Waals surface area contributed by atoms with Gasteiger partial charge in [0.15, 0.2) is 0 Å². The Kier molecular flexibility index (Phi) is 8.59. The quantitative estimate of drug-likeness (QED) is 0.575. The van der Waals surface area contributed by atoms with Crippen LogP contribution in [0.1, 0.15) is 62.8 Å². The van der Waals surface area contributed by atoms with Gasteiger partial charge in [0.1, 0.15) is 6.54 Å². The number of aromatic nitrogens is 1. The van der Waals surface area contributed by atoms with Crippen molar-refractivity contribution in [1.82, 2.24) is 14.4 Å². The third kappa shape index (κ3) is 6.62. The van der Waals surface area contributed by atoms with E-state index in [-0.39, 0.29) is 24.5 Å². The first kappa shape index (κ1) is 24.9. The minimum atomic E-state index is -0.174. The number of hydrogen-bond donors (Lipinski definition) is 1. The van der Waals surface area contributed by atoms with E-state index in [4.69, 9.17) is 0 Å². The minimum Gasteiger partial charge on any atom is -0.353 e. The van der Waals surface area contributed by atoms with E-state index in [9.17, 15) is 9.59 Å². The van der Waals surface area contributed by atoms with Crippen molar-refractivity contribution in [3.05, 3.63) is 53.3 Å². The highest BCUT2D eigenvalue weighted by molar-refractivity contribution is 5.93. The molecule has 6 heteroatoms. The zero-order valence-electron chi connectivity index (χ0n) is 20.9. The summed E-state index contributed by atoms with van der Waals surface area (Å²) in [4.78, 5) is 30.7. The molecule has 0 aliphatic heterocycles. The second-order valence-corrected chi connectivity index (χ2v) is 9.88. The fraction of sp³-hybridized carbons (Fsp3) is 0.556. The van der Waals surface area contributed by atoms with Gasteiger partial charge in [-0.15, -0.1) is 0 Å². The molecule has 3 amide bonds. The summed E-state index contributed by atoms with van der Waals surface area (Å²) in [6, 6.07) is 9.91. The van der Waals surface area contributed by atoms with Crippen LogP contribution in [0.25, 0.3) is 0 Å². The number of nitrogens with one attached hydrogen (secondary N) is 1. The van der Waals surface area contributed by atoms with E-state index in [2.05, 4.69) is 19.2 Å². The lowest BCUT2D eigenvalue weighted by molar-refractivity contribution is -0.133. The molecule has 3 rings (SSSR count). The Morgan fingerprint density at radius 1 is 1.09 bits per heavy atom. The molecule has 1 aliphatic carbocycles. The topological polar surface area (TPSA) is 57.6 Å². The standard InChI is InChI=1S/C27H40N4O2/c1-20(2)17-30(18-24-14-10-16-29(24)5)26(32)19-31(23-12-7-6-8-13-23)27(33)28-25-15-9-11-21(3)22(25)4/h9-11,14-16,20,23H,6-8,12-13,17-19H2,1-5H3,(H,28,33).